The van der Waals surface area contributed by atoms with Gasteiger partial charge in [-0.05, 0) is 64.2 Å². The van der Waals surface area contributed by atoms with Gasteiger partial charge in [-0.1, -0.05) is 128 Å². The highest BCUT2D eigenvalue weighted by molar-refractivity contribution is 5.69. The number of carbonyl (C=O) groups is 2. The van der Waals surface area contributed by atoms with Crippen LogP contribution in [0.1, 0.15) is 181 Å². The molecular formula is C35H64O4. The summed E-state index contributed by atoms with van der Waals surface area (Å²) in [5, 5.41) is 8.74. The zero-order chi connectivity index (χ0) is 28.7. The number of unbranched alkanes of at least 4 members (excludes halogenated alkanes) is 17. The number of hydrogen-bond donors (Lipinski definition) is 1. The average molecular weight is 549 g/mol. The fourth-order valence-corrected chi connectivity index (χ4v) is 4.91. The first-order valence-electron chi connectivity index (χ1n) is 16.8. The maximum absolute atomic E-state index is 12.3. The second kappa shape index (κ2) is 31.0. The van der Waals surface area contributed by atoms with Crippen molar-refractivity contribution in [3.8, 4) is 0 Å². The molecule has 0 aliphatic rings. The zero-order valence-electron chi connectivity index (χ0n) is 25.9. The minimum absolute atomic E-state index is 0.00418. The molecular weight excluding hydrogens is 484 g/mol. The van der Waals surface area contributed by atoms with Crippen LogP contribution in [0, 0.1) is 0 Å². The molecule has 0 aromatic rings. The van der Waals surface area contributed by atoms with Crippen LogP contribution in [0.25, 0.3) is 0 Å². The van der Waals surface area contributed by atoms with Crippen LogP contribution in [0.2, 0.25) is 0 Å². The molecule has 1 atom stereocenters. The first kappa shape index (κ1) is 37.4. The molecule has 0 spiro atoms. The molecule has 0 bridgehead atoms. The van der Waals surface area contributed by atoms with Crippen molar-refractivity contribution in [2.75, 3.05) is 0 Å². The Hall–Kier alpha value is -1.58. The topological polar surface area (TPSA) is 63.6 Å². The van der Waals surface area contributed by atoms with Gasteiger partial charge in [0.15, 0.2) is 0 Å². The molecule has 228 valence electrons. The minimum atomic E-state index is -0.732. The van der Waals surface area contributed by atoms with Crippen LogP contribution in [0.5, 0.6) is 0 Å². The van der Waals surface area contributed by atoms with Gasteiger partial charge in [0.25, 0.3) is 0 Å². The van der Waals surface area contributed by atoms with E-state index in [1.807, 2.05) is 0 Å². The third-order valence-electron chi connectivity index (χ3n) is 7.43. The molecule has 1 N–H and O–H groups in total. The lowest BCUT2D eigenvalue weighted by Crippen LogP contribution is -2.18. The van der Waals surface area contributed by atoms with Gasteiger partial charge in [-0.3, -0.25) is 9.59 Å². The SMILES string of the molecule is CCCCCCC/C=C\C/C=C\CCCCCCCCCCCC(=O)OC(CCCC)CCCCCC(=O)O. The molecule has 0 saturated heterocycles. The fraction of sp³-hybridized carbons (Fsp3) is 0.829. The van der Waals surface area contributed by atoms with Gasteiger partial charge < -0.3 is 9.84 Å². The van der Waals surface area contributed by atoms with Gasteiger partial charge in [0.2, 0.25) is 0 Å². The smallest absolute Gasteiger partial charge is 0.306 e. The van der Waals surface area contributed by atoms with Crippen molar-refractivity contribution < 1.29 is 19.4 Å². The first-order valence-corrected chi connectivity index (χ1v) is 16.8. The molecule has 1 unspecified atom stereocenters. The largest absolute Gasteiger partial charge is 0.481 e. The van der Waals surface area contributed by atoms with E-state index in [1.165, 1.54) is 89.9 Å². The van der Waals surface area contributed by atoms with Gasteiger partial charge in [-0.15, -0.1) is 0 Å². The summed E-state index contributed by atoms with van der Waals surface area (Å²) in [4.78, 5) is 22.9. The standard InChI is InChI=1S/C35H64O4/c1-3-5-7-8-9-10-11-12-13-14-15-16-17-18-19-20-21-22-23-24-28-32-35(38)39-33(29-6-4-2)30-26-25-27-31-34(36)37/h11-12,14-15,33H,3-10,13,16-32H2,1-2H3,(H,36,37)/b12-11-,15-14-. The van der Waals surface area contributed by atoms with Gasteiger partial charge >= 0.3 is 11.9 Å². The Morgan fingerprint density at radius 2 is 1.03 bits per heavy atom. The number of aliphatic carboxylic acids is 1. The van der Waals surface area contributed by atoms with Crippen molar-refractivity contribution >= 4 is 11.9 Å². The van der Waals surface area contributed by atoms with Crippen LogP contribution in [-0.4, -0.2) is 23.1 Å². The fourth-order valence-electron chi connectivity index (χ4n) is 4.91. The maximum Gasteiger partial charge on any atom is 0.306 e. The van der Waals surface area contributed by atoms with Gasteiger partial charge in [0, 0.05) is 12.8 Å². The predicted molar refractivity (Wildman–Crippen MR) is 167 cm³/mol. The Balaban J connectivity index is 3.56. The summed E-state index contributed by atoms with van der Waals surface area (Å²) in [7, 11) is 0. The summed E-state index contributed by atoms with van der Waals surface area (Å²) in [6.45, 7) is 4.42. The normalized spacial score (nSPS) is 12.5. The van der Waals surface area contributed by atoms with Crippen molar-refractivity contribution in [2.24, 2.45) is 0 Å². The molecule has 4 heteroatoms. The molecule has 4 nitrogen and oxygen atoms in total. The number of ether oxygens (including phenoxy) is 1. The number of carboxylic acid groups (broad SMARTS) is 1. The highest BCUT2D eigenvalue weighted by Crippen LogP contribution is 2.17. The number of rotatable bonds is 30. The van der Waals surface area contributed by atoms with Crippen molar-refractivity contribution in [3.05, 3.63) is 24.3 Å². The zero-order valence-corrected chi connectivity index (χ0v) is 25.9. The van der Waals surface area contributed by atoms with Gasteiger partial charge in [-0.25, -0.2) is 0 Å². The third kappa shape index (κ3) is 30.8. The van der Waals surface area contributed by atoms with Gasteiger partial charge in [0.05, 0.1) is 0 Å². The van der Waals surface area contributed by atoms with E-state index >= 15 is 0 Å². The highest BCUT2D eigenvalue weighted by atomic mass is 16.5. The van der Waals surface area contributed by atoms with E-state index in [1.54, 1.807) is 0 Å². The first-order chi connectivity index (χ1) is 19.1. The molecule has 0 heterocycles. The molecule has 0 saturated carbocycles. The van der Waals surface area contributed by atoms with Crippen molar-refractivity contribution in [2.45, 2.75) is 187 Å². The number of carboxylic acids is 1. The predicted octanol–water partition coefficient (Wildman–Crippen LogP) is 11.3. The summed E-state index contributed by atoms with van der Waals surface area (Å²) in [5.41, 5.74) is 0. The molecule has 0 rings (SSSR count). The average Bonchev–Trinajstić information content (AvgIpc) is 2.92. The second-order valence-corrected chi connectivity index (χ2v) is 11.3. The summed E-state index contributed by atoms with van der Waals surface area (Å²) in [5.74, 6) is -0.783. The lowest BCUT2D eigenvalue weighted by molar-refractivity contribution is -0.150. The van der Waals surface area contributed by atoms with Crippen LogP contribution in [-0.2, 0) is 14.3 Å². The Morgan fingerprint density at radius 3 is 1.59 bits per heavy atom. The van der Waals surface area contributed by atoms with Crippen LogP contribution in [0.15, 0.2) is 24.3 Å². The molecule has 0 aliphatic carbocycles. The number of esters is 1. The molecule has 0 amide bonds. The minimum Gasteiger partial charge on any atom is -0.481 e. The second-order valence-electron chi connectivity index (χ2n) is 11.3. The summed E-state index contributed by atoms with van der Waals surface area (Å²) < 4.78 is 5.76. The van der Waals surface area contributed by atoms with Crippen LogP contribution >= 0.6 is 0 Å². The quantitative estimate of drug-likeness (QED) is 0.0550. The molecule has 0 aliphatic heterocycles. The van der Waals surface area contributed by atoms with E-state index in [0.29, 0.717) is 12.8 Å². The summed E-state index contributed by atoms with van der Waals surface area (Å²) in [6, 6.07) is 0. The van der Waals surface area contributed by atoms with E-state index in [-0.39, 0.29) is 18.5 Å². The van der Waals surface area contributed by atoms with Gasteiger partial charge in [-0.2, -0.15) is 0 Å². The molecule has 0 fully saturated rings. The van der Waals surface area contributed by atoms with E-state index in [4.69, 9.17) is 9.84 Å². The van der Waals surface area contributed by atoms with Crippen molar-refractivity contribution in [3.63, 3.8) is 0 Å². The summed E-state index contributed by atoms with van der Waals surface area (Å²) in [6.07, 6.45) is 38.1. The molecule has 0 aromatic heterocycles. The number of hydrogen-bond acceptors (Lipinski definition) is 3. The van der Waals surface area contributed by atoms with Crippen molar-refractivity contribution in [1.29, 1.82) is 0 Å². The number of allylic oxidation sites excluding steroid dienone is 4. The molecule has 0 aromatic carbocycles. The lowest BCUT2D eigenvalue weighted by Gasteiger charge is -2.17. The van der Waals surface area contributed by atoms with Gasteiger partial charge in [0.1, 0.15) is 6.10 Å². The molecule has 39 heavy (non-hydrogen) atoms. The van der Waals surface area contributed by atoms with Crippen LogP contribution in [0.3, 0.4) is 0 Å². The van der Waals surface area contributed by atoms with Crippen molar-refractivity contribution in [1.82, 2.24) is 0 Å². The monoisotopic (exact) mass is 548 g/mol. The Bertz CT molecular complexity index is 595. The summed E-state index contributed by atoms with van der Waals surface area (Å²) >= 11 is 0. The van der Waals surface area contributed by atoms with E-state index in [9.17, 15) is 9.59 Å². The Kier molecular flexibility index (Phi) is 29.7. The maximum atomic E-state index is 12.3. The number of carbonyl (C=O) groups excluding carboxylic acids is 1. The highest BCUT2D eigenvalue weighted by Gasteiger charge is 2.14. The Morgan fingerprint density at radius 1 is 0.564 bits per heavy atom. The van der Waals surface area contributed by atoms with E-state index < -0.39 is 5.97 Å². The Labute approximate surface area is 242 Å². The van der Waals surface area contributed by atoms with E-state index in [2.05, 4.69) is 38.2 Å². The lowest BCUT2D eigenvalue weighted by atomic mass is 10.0. The third-order valence-corrected chi connectivity index (χ3v) is 7.43. The molecule has 0 radical (unpaired) electrons. The van der Waals surface area contributed by atoms with Crippen LogP contribution in [0.4, 0.5) is 0 Å². The van der Waals surface area contributed by atoms with E-state index in [0.717, 1.165) is 57.8 Å². The van der Waals surface area contributed by atoms with Crippen LogP contribution < -0.4 is 0 Å².